The van der Waals surface area contributed by atoms with Crippen molar-refractivity contribution in [1.29, 1.82) is 0 Å². The summed E-state index contributed by atoms with van der Waals surface area (Å²) in [7, 11) is 0. The summed E-state index contributed by atoms with van der Waals surface area (Å²) < 4.78 is 5.30. The third kappa shape index (κ3) is 4.52. The number of carbonyl (C=O) groups excluding carboxylic acids is 2. The van der Waals surface area contributed by atoms with Crippen LogP contribution in [-0.2, 0) is 27.4 Å². The van der Waals surface area contributed by atoms with E-state index in [-0.39, 0.29) is 24.2 Å². The van der Waals surface area contributed by atoms with Crippen molar-refractivity contribution in [1.82, 2.24) is 20.1 Å². The van der Waals surface area contributed by atoms with Crippen LogP contribution in [-0.4, -0.2) is 51.6 Å². The van der Waals surface area contributed by atoms with Gasteiger partial charge in [0.1, 0.15) is 11.6 Å². The molecule has 1 aliphatic rings. The number of aromatic nitrogens is 3. The molecule has 0 saturated carbocycles. The van der Waals surface area contributed by atoms with Gasteiger partial charge in [0, 0.05) is 43.2 Å². The minimum atomic E-state index is -0.373. The second-order valence-electron chi connectivity index (χ2n) is 7.48. The molecule has 0 bridgehead atoms. The molecule has 9 heteroatoms. The minimum Gasteiger partial charge on any atom is -0.374 e. The number of nitrogens with zero attached hydrogens (tertiary/aromatic N) is 3. The monoisotopic (exact) mass is 427 g/mol. The lowest BCUT2D eigenvalue weighted by atomic mass is 10.1. The third-order valence-electron chi connectivity index (χ3n) is 5.29. The number of aryl methyl sites for hydroxylation is 1. The van der Waals surface area contributed by atoms with Gasteiger partial charge in [0.15, 0.2) is 0 Å². The molecule has 1 atom stereocenters. The zero-order valence-electron chi connectivity index (χ0n) is 17.1. The summed E-state index contributed by atoms with van der Waals surface area (Å²) in [6.07, 6.45) is 2.98. The molecule has 1 saturated heterocycles. The number of amides is 2. The summed E-state index contributed by atoms with van der Waals surface area (Å²) >= 11 is 1.29. The fourth-order valence-electron chi connectivity index (χ4n) is 3.68. The molecule has 0 spiro atoms. The summed E-state index contributed by atoms with van der Waals surface area (Å²) in [5, 5.41) is 13.1. The second kappa shape index (κ2) is 8.93. The number of fused-ring (bicyclic) bond motifs is 1. The molecule has 3 heterocycles. The number of ether oxygens (including phenoxy) is 1. The van der Waals surface area contributed by atoms with Gasteiger partial charge < -0.3 is 19.9 Å². The van der Waals surface area contributed by atoms with Gasteiger partial charge in [0.25, 0.3) is 0 Å². The topological polar surface area (TPSA) is 100 Å². The van der Waals surface area contributed by atoms with Crippen LogP contribution < -0.4 is 5.32 Å². The Balaban J connectivity index is 1.32. The van der Waals surface area contributed by atoms with Crippen LogP contribution in [0.1, 0.15) is 29.5 Å². The number of rotatable bonds is 8. The first-order chi connectivity index (χ1) is 14.5. The van der Waals surface area contributed by atoms with Crippen molar-refractivity contribution in [2.45, 2.75) is 33.3 Å². The molecule has 2 amide bonds. The van der Waals surface area contributed by atoms with E-state index in [9.17, 15) is 9.59 Å². The Morgan fingerprint density at radius 1 is 1.40 bits per heavy atom. The van der Waals surface area contributed by atoms with Crippen LogP contribution >= 0.6 is 11.3 Å². The van der Waals surface area contributed by atoms with Crippen LogP contribution in [0.5, 0.6) is 0 Å². The van der Waals surface area contributed by atoms with E-state index in [0.717, 1.165) is 11.9 Å². The van der Waals surface area contributed by atoms with Gasteiger partial charge in [-0.2, -0.15) is 0 Å². The van der Waals surface area contributed by atoms with Crippen LogP contribution in [0.2, 0.25) is 0 Å². The van der Waals surface area contributed by atoms with E-state index >= 15 is 0 Å². The van der Waals surface area contributed by atoms with Crippen molar-refractivity contribution in [2.24, 2.45) is 5.92 Å². The van der Waals surface area contributed by atoms with Crippen molar-refractivity contribution in [2.75, 3.05) is 25.0 Å². The predicted octanol–water partition coefficient (Wildman–Crippen LogP) is 2.89. The summed E-state index contributed by atoms with van der Waals surface area (Å²) in [6, 6.07) is 6.31. The second-order valence-corrected chi connectivity index (χ2v) is 8.54. The van der Waals surface area contributed by atoms with Crippen molar-refractivity contribution in [3.05, 3.63) is 40.5 Å². The zero-order chi connectivity index (χ0) is 21.1. The Bertz CT molecular complexity index is 1060. The third-order valence-corrected chi connectivity index (χ3v) is 6.10. The number of carbonyl (C=O) groups is 2. The molecule has 1 fully saturated rings. The predicted molar refractivity (Wildman–Crippen MR) is 115 cm³/mol. The van der Waals surface area contributed by atoms with E-state index in [2.05, 4.69) is 45.6 Å². The van der Waals surface area contributed by atoms with Gasteiger partial charge in [-0.05, 0) is 38.0 Å². The zero-order valence-corrected chi connectivity index (χ0v) is 17.9. The standard InChI is InChI=1S/C21H25N5O3S/c1-3-29-12-18-24-25-21(30-18)23-20(28)15-9-19(27)26(11-15)7-6-14-10-22-17-5-4-13(2)8-16(14)17/h4-5,8,10,15,22H,3,6-7,9,11-12H2,1-2H3,(H,23,25,28). The number of benzene rings is 1. The van der Waals surface area contributed by atoms with Gasteiger partial charge in [-0.3, -0.25) is 9.59 Å². The number of hydrogen-bond donors (Lipinski definition) is 2. The van der Waals surface area contributed by atoms with Gasteiger partial charge >= 0.3 is 0 Å². The maximum atomic E-state index is 12.6. The molecule has 3 aromatic rings. The van der Waals surface area contributed by atoms with Gasteiger partial charge in [-0.1, -0.05) is 23.0 Å². The van der Waals surface area contributed by atoms with Gasteiger partial charge in [-0.15, -0.1) is 10.2 Å². The Morgan fingerprint density at radius 3 is 3.10 bits per heavy atom. The smallest absolute Gasteiger partial charge is 0.231 e. The van der Waals surface area contributed by atoms with Crippen molar-refractivity contribution in [3.63, 3.8) is 0 Å². The van der Waals surface area contributed by atoms with Crippen molar-refractivity contribution in [3.8, 4) is 0 Å². The molecule has 1 aliphatic heterocycles. The fourth-order valence-corrected chi connectivity index (χ4v) is 4.36. The Labute approximate surface area is 178 Å². The number of likely N-dealkylation sites (tertiary alicyclic amines) is 1. The summed E-state index contributed by atoms with van der Waals surface area (Å²) in [5.41, 5.74) is 3.49. The molecule has 158 valence electrons. The number of H-pyrrole nitrogens is 1. The van der Waals surface area contributed by atoms with Crippen molar-refractivity contribution >= 4 is 39.2 Å². The summed E-state index contributed by atoms with van der Waals surface area (Å²) in [4.78, 5) is 30.1. The maximum absolute atomic E-state index is 12.6. The molecule has 1 aromatic carbocycles. The molecule has 2 aromatic heterocycles. The lowest BCUT2D eigenvalue weighted by Gasteiger charge is -2.16. The van der Waals surface area contributed by atoms with Crippen LogP contribution in [0.25, 0.3) is 10.9 Å². The summed E-state index contributed by atoms with van der Waals surface area (Å²) in [6.45, 7) is 5.98. The average Bonchev–Trinajstić information content (AvgIpc) is 3.43. The highest BCUT2D eigenvalue weighted by Gasteiger charge is 2.34. The molecular formula is C21H25N5O3S. The first-order valence-electron chi connectivity index (χ1n) is 10.1. The number of aromatic amines is 1. The van der Waals surface area contributed by atoms with E-state index in [1.807, 2.05) is 13.1 Å². The molecule has 30 heavy (non-hydrogen) atoms. The highest BCUT2D eigenvalue weighted by molar-refractivity contribution is 7.15. The number of anilines is 1. The molecule has 8 nitrogen and oxygen atoms in total. The first kappa shape index (κ1) is 20.5. The van der Waals surface area contributed by atoms with Crippen LogP contribution in [0.15, 0.2) is 24.4 Å². The van der Waals surface area contributed by atoms with Crippen LogP contribution in [0.3, 0.4) is 0 Å². The van der Waals surface area contributed by atoms with E-state index in [1.54, 1.807) is 4.90 Å². The first-order valence-corrected chi connectivity index (χ1v) is 10.9. The molecular weight excluding hydrogens is 402 g/mol. The molecule has 4 rings (SSSR count). The maximum Gasteiger partial charge on any atom is 0.231 e. The molecule has 1 unspecified atom stereocenters. The number of hydrogen-bond acceptors (Lipinski definition) is 6. The lowest BCUT2D eigenvalue weighted by Crippen LogP contribution is -2.30. The van der Waals surface area contributed by atoms with Crippen LogP contribution in [0.4, 0.5) is 5.13 Å². The summed E-state index contributed by atoms with van der Waals surface area (Å²) in [5.74, 6) is -0.546. The SMILES string of the molecule is CCOCc1nnc(NC(=O)C2CC(=O)N(CCc3c[nH]c4ccc(C)cc34)C2)s1. The average molecular weight is 428 g/mol. The molecule has 0 aliphatic carbocycles. The minimum absolute atomic E-state index is 0.0143. The van der Waals surface area contributed by atoms with Gasteiger partial charge in [0.05, 0.1) is 5.92 Å². The Hall–Kier alpha value is -2.78. The van der Waals surface area contributed by atoms with E-state index < -0.39 is 0 Å². The van der Waals surface area contributed by atoms with E-state index in [0.29, 0.717) is 36.4 Å². The van der Waals surface area contributed by atoms with Crippen LogP contribution in [0, 0.1) is 12.8 Å². The highest BCUT2D eigenvalue weighted by Crippen LogP contribution is 2.24. The van der Waals surface area contributed by atoms with Gasteiger partial charge in [0.2, 0.25) is 16.9 Å². The number of nitrogens with one attached hydrogen (secondary N) is 2. The van der Waals surface area contributed by atoms with E-state index in [1.165, 1.54) is 27.8 Å². The van der Waals surface area contributed by atoms with E-state index in [4.69, 9.17) is 4.74 Å². The Kier molecular flexibility index (Phi) is 6.10. The quantitative estimate of drug-likeness (QED) is 0.576. The normalized spacial score (nSPS) is 16.5. The Morgan fingerprint density at radius 2 is 2.27 bits per heavy atom. The fraction of sp³-hybridized carbons (Fsp3) is 0.429. The molecule has 0 radical (unpaired) electrons. The largest absolute Gasteiger partial charge is 0.374 e. The van der Waals surface area contributed by atoms with Crippen molar-refractivity contribution < 1.29 is 14.3 Å². The lowest BCUT2D eigenvalue weighted by molar-refractivity contribution is -0.128. The van der Waals surface area contributed by atoms with Gasteiger partial charge in [-0.25, -0.2) is 0 Å². The highest BCUT2D eigenvalue weighted by atomic mass is 32.1. The molecule has 2 N–H and O–H groups in total.